The highest BCUT2D eigenvalue weighted by Crippen LogP contribution is 2.27. The molecule has 1 aromatic heterocycles. The fourth-order valence-corrected chi connectivity index (χ4v) is 3.37. The summed E-state index contributed by atoms with van der Waals surface area (Å²) < 4.78 is 5.96. The fraction of sp³-hybridized carbons (Fsp3) is 0.450. The highest BCUT2D eigenvalue weighted by molar-refractivity contribution is 5.38. The summed E-state index contributed by atoms with van der Waals surface area (Å²) in [5, 5.41) is 0. The summed E-state index contributed by atoms with van der Waals surface area (Å²) in [5.74, 6) is 1.50. The second-order valence-electron chi connectivity index (χ2n) is 6.65. The predicted octanol–water partition coefficient (Wildman–Crippen LogP) is 3.25. The van der Waals surface area contributed by atoms with Gasteiger partial charge in [-0.1, -0.05) is 12.1 Å². The summed E-state index contributed by atoms with van der Waals surface area (Å²) in [5.41, 5.74) is 3.67. The van der Waals surface area contributed by atoms with Crippen molar-refractivity contribution < 1.29 is 4.74 Å². The monoisotopic (exact) mass is 326 g/mol. The van der Waals surface area contributed by atoms with Gasteiger partial charge < -0.3 is 9.72 Å². The lowest BCUT2D eigenvalue weighted by molar-refractivity contribution is 0.173. The summed E-state index contributed by atoms with van der Waals surface area (Å²) in [4.78, 5) is 16.6. The van der Waals surface area contributed by atoms with Crippen LogP contribution in [0.25, 0.3) is 0 Å². The van der Waals surface area contributed by atoms with Crippen LogP contribution in [-0.2, 0) is 0 Å². The average molecular weight is 326 g/mol. The highest BCUT2D eigenvalue weighted by Gasteiger charge is 2.20. The van der Waals surface area contributed by atoms with Crippen LogP contribution in [0.15, 0.2) is 41.3 Å². The molecule has 4 nitrogen and oxygen atoms in total. The molecule has 2 heterocycles. The van der Waals surface area contributed by atoms with Crippen molar-refractivity contribution in [1.82, 2.24) is 9.88 Å². The van der Waals surface area contributed by atoms with Gasteiger partial charge in [0.1, 0.15) is 12.4 Å². The first-order valence-electron chi connectivity index (χ1n) is 8.73. The zero-order valence-electron chi connectivity index (χ0n) is 14.5. The van der Waals surface area contributed by atoms with E-state index in [0.29, 0.717) is 5.92 Å². The molecule has 1 aliphatic heterocycles. The van der Waals surface area contributed by atoms with Crippen LogP contribution in [0.3, 0.4) is 0 Å². The van der Waals surface area contributed by atoms with Gasteiger partial charge >= 0.3 is 0 Å². The number of nitrogens with zero attached hydrogens (tertiary/aromatic N) is 1. The second kappa shape index (κ2) is 7.67. The molecule has 0 atom stereocenters. The Hall–Kier alpha value is -2.07. The van der Waals surface area contributed by atoms with Crippen molar-refractivity contribution in [3.8, 4) is 5.75 Å². The molecule has 2 aromatic rings. The molecule has 0 unspecified atom stereocenters. The third-order valence-electron chi connectivity index (χ3n) is 5.08. The number of hydrogen-bond donors (Lipinski definition) is 1. The topological polar surface area (TPSA) is 45.3 Å². The molecule has 1 fully saturated rings. The van der Waals surface area contributed by atoms with E-state index in [-0.39, 0.29) is 5.56 Å². The lowest BCUT2D eigenvalue weighted by Crippen LogP contribution is -2.36. The van der Waals surface area contributed by atoms with Crippen molar-refractivity contribution in [2.75, 3.05) is 26.2 Å². The number of piperidine rings is 1. The zero-order chi connectivity index (χ0) is 16.9. The largest absolute Gasteiger partial charge is 0.492 e. The Balaban J connectivity index is 1.46. The smallest absolute Gasteiger partial charge is 0.248 e. The van der Waals surface area contributed by atoms with E-state index in [1.165, 1.54) is 16.7 Å². The highest BCUT2D eigenvalue weighted by atomic mass is 16.5. The molecular formula is C20H26N2O2. The lowest BCUT2D eigenvalue weighted by Gasteiger charge is -2.32. The van der Waals surface area contributed by atoms with E-state index in [1.807, 2.05) is 18.2 Å². The number of rotatable bonds is 5. The van der Waals surface area contributed by atoms with Gasteiger partial charge in [-0.25, -0.2) is 0 Å². The van der Waals surface area contributed by atoms with E-state index in [9.17, 15) is 4.79 Å². The van der Waals surface area contributed by atoms with Crippen LogP contribution in [0.4, 0.5) is 0 Å². The van der Waals surface area contributed by atoms with Gasteiger partial charge in [0, 0.05) is 18.8 Å². The Morgan fingerprint density at radius 2 is 2.00 bits per heavy atom. The summed E-state index contributed by atoms with van der Waals surface area (Å²) >= 11 is 0. The molecule has 128 valence electrons. The first-order chi connectivity index (χ1) is 11.6. The molecule has 0 saturated carbocycles. The maximum Gasteiger partial charge on any atom is 0.248 e. The van der Waals surface area contributed by atoms with E-state index in [0.717, 1.165) is 44.8 Å². The summed E-state index contributed by atoms with van der Waals surface area (Å²) in [7, 11) is 0. The van der Waals surface area contributed by atoms with Crippen molar-refractivity contribution in [3.63, 3.8) is 0 Å². The first kappa shape index (κ1) is 16.8. The van der Waals surface area contributed by atoms with Crippen LogP contribution in [0, 0.1) is 13.8 Å². The molecular weight excluding hydrogens is 300 g/mol. The summed E-state index contributed by atoms with van der Waals surface area (Å²) in [6.07, 6.45) is 3.96. The molecule has 0 bridgehead atoms. The normalized spacial score (nSPS) is 16.2. The molecule has 0 amide bonds. The summed E-state index contributed by atoms with van der Waals surface area (Å²) in [6.45, 7) is 8.02. The predicted molar refractivity (Wildman–Crippen MR) is 96.9 cm³/mol. The van der Waals surface area contributed by atoms with Crippen molar-refractivity contribution >= 4 is 0 Å². The maximum atomic E-state index is 11.4. The minimum Gasteiger partial charge on any atom is -0.492 e. The van der Waals surface area contributed by atoms with Crippen molar-refractivity contribution in [2.45, 2.75) is 32.6 Å². The van der Waals surface area contributed by atoms with E-state index in [2.05, 4.69) is 29.8 Å². The van der Waals surface area contributed by atoms with Crippen LogP contribution in [0.5, 0.6) is 5.75 Å². The van der Waals surface area contributed by atoms with Gasteiger partial charge in [0.05, 0.1) is 0 Å². The average Bonchev–Trinajstić information content (AvgIpc) is 2.59. The van der Waals surface area contributed by atoms with E-state index in [4.69, 9.17) is 4.74 Å². The number of pyridine rings is 1. The van der Waals surface area contributed by atoms with Gasteiger partial charge in [-0.15, -0.1) is 0 Å². The van der Waals surface area contributed by atoms with Crippen molar-refractivity contribution in [1.29, 1.82) is 0 Å². The number of hydrogen-bond acceptors (Lipinski definition) is 3. The minimum atomic E-state index is -0.00291. The minimum absolute atomic E-state index is 0.00291. The Labute approximate surface area is 143 Å². The first-order valence-corrected chi connectivity index (χ1v) is 8.73. The van der Waals surface area contributed by atoms with Crippen LogP contribution in [-0.4, -0.2) is 36.1 Å². The summed E-state index contributed by atoms with van der Waals surface area (Å²) in [6, 6.07) is 9.98. The number of aryl methyl sites for hydroxylation is 1. The van der Waals surface area contributed by atoms with Gasteiger partial charge in [0.25, 0.3) is 0 Å². The van der Waals surface area contributed by atoms with Crippen LogP contribution >= 0.6 is 0 Å². The van der Waals surface area contributed by atoms with E-state index >= 15 is 0 Å². The second-order valence-corrected chi connectivity index (χ2v) is 6.65. The zero-order valence-corrected chi connectivity index (χ0v) is 14.5. The Morgan fingerprint density at radius 3 is 2.75 bits per heavy atom. The molecule has 1 aromatic carbocycles. The molecule has 0 radical (unpaired) electrons. The molecule has 4 heteroatoms. The molecule has 0 spiro atoms. The van der Waals surface area contributed by atoms with Gasteiger partial charge in [-0.3, -0.25) is 9.69 Å². The lowest BCUT2D eigenvalue weighted by atomic mass is 9.90. The van der Waals surface area contributed by atoms with Crippen LogP contribution < -0.4 is 10.3 Å². The quantitative estimate of drug-likeness (QED) is 0.917. The van der Waals surface area contributed by atoms with Crippen LogP contribution in [0.1, 0.15) is 35.4 Å². The standard InChI is InChI=1S/C20H26N2O2/c1-15-4-3-5-19(16(15)2)24-13-12-22-10-7-17(8-11-22)18-6-9-21-20(23)14-18/h3-6,9,14,17H,7-8,10-13H2,1-2H3,(H,21,23). The van der Waals surface area contributed by atoms with Crippen LogP contribution in [0.2, 0.25) is 0 Å². The molecule has 24 heavy (non-hydrogen) atoms. The van der Waals surface area contributed by atoms with Crippen molar-refractivity contribution in [2.24, 2.45) is 0 Å². The van der Waals surface area contributed by atoms with Crippen molar-refractivity contribution in [3.05, 3.63) is 63.6 Å². The van der Waals surface area contributed by atoms with E-state index in [1.54, 1.807) is 12.3 Å². The van der Waals surface area contributed by atoms with Gasteiger partial charge in [0.15, 0.2) is 0 Å². The Bertz CT molecular complexity index is 730. The number of aromatic nitrogens is 1. The molecule has 3 rings (SSSR count). The number of aromatic amines is 1. The molecule has 1 saturated heterocycles. The number of nitrogens with one attached hydrogen (secondary N) is 1. The third-order valence-corrected chi connectivity index (χ3v) is 5.08. The number of benzene rings is 1. The Kier molecular flexibility index (Phi) is 5.36. The molecule has 1 aliphatic rings. The third kappa shape index (κ3) is 4.06. The molecule has 1 N–H and O–H groups in total. The Morgan fingerprint density at radius 1 is 1.21 bits per heavy atom. The van der Waals surface area contributed by atoms with Gasteiger partial charge in [0.2, 0.25) is 5.56 Å². The molecule has 0 aliphatic carbocycles. The maximum absolute atomic E-state index is 11.4. The fourth-order valence-electron chi connectivity index (χ4n) is 3.37. The number of likely N-dealkylation sites (tertiary alicyclic amines) is 1. The van der Waals surface area contributed by atoms with Gasteiger partial charge in [-0.05, 0) is 74.5 Å². The SMILES string of the molecule is Cc1cccc(OCCN2CCC(c3cc[nH]c(=O)c3)CC2)c1C. The van der Waals surface area contributed by atoms with E-state index < -0.39 is 0 Å². The number of ether oxygens (including phenoxy) is 1. The van der Waals surface area contributed by atoms with Gasteiger partial charge in [-0.2, -0.15) is 0 Å². The number of H-pyrrole nitrogens is 1.